The van der Waals surface area contributed by atoms with Crippen LogP contribution in [-0.4, -0.2) is 14.8 Å². The van der Waals surface area contributed by atoms with Crippen LogP contribution >= 0.6 is 15.9 Å². The van der Waals surface area contributed by atoms with Gasteiger partial charge in [0, 0.05) is 18.0 Å². The molecule has 0 saturated carbocycles. The van der Waals surface area contributed by atoms with Gasteiger partial charge in [-0.15, -0.1) is 0 Å². The van der Waals surface area contributed by atoms with Gasteiger partial charge in [0.1, 0.15) is 4.47 Å². The molecule has 0 fully saturated rings. The van der Waals surface area contributed by atoms with Gasteiger partial charge in [0.05, 0.1) is 11.4 Å². The largest absolute Gasteiger partial charge is 0.289 e. The topological polar surface area (TPSA) is 50.7 Å². The van der Waals surface area contributed by atoms with E-state index in [0.717, 1.165) is 16.9 Å². The lowest BCUT2D eigenvalue weighted by atomic mass is 10.2. The molecule has 1 aromatic carbocycles. The predicted octanol–water partition coefficient (Wildman–Crippen LogP) is 2.99. The van der Waals surface area contributed by atoms with Crippen LogP contribution in [0.1, 0.15) is 0 Å². The second kappa shape index (κ2) is 4.85. The van der Waals surface area contributed by atoms with Gasteiger partial charge >= 0.3 is 0 Å². The zero-order chi connectivity index (χ0) is 13.2. The number of pyridine rings is 1. The van der Waals surface area contributed by atoms with E-state index in [1.165, 1.54) is 4.68 Å². The van der Waals surface area contributed by atoms with Crippen LogP contribution in [0.2, 0.25) is 0 Å². The zero-order valence-corrected chi connectivity index (χ0v) is 11.5. The van der Waals surface area contributed by atoms with Crippen molar-refractivity contribution in [3.63, 3.8) is 0 Å². The summed E-state index contributed by atoms with van der Waals surface area (Å²) in [5, 5.41) is 3.11. The number of aromatic nitrogens is 3. The minimum atomic E-state index is -0.120. The highest BCUT2D eigenvalue weighted by Gasteiger charge is 2.13. The van der Waals surface area contributed by atoms with Crippen LogP contribution in [0.3, 0.4) is 0 Å². The predicted molar refractivity (Wildman–Crippen MR) is 77.3 cm³/mol. The number of benzene rings is 1. The molecule has 0 atom stereocenters. The molecule has 3 aromatic rings. The lowest BCUT2D eigenvalue weighted by molar-refractivity contribution is 0.849. The quantitative estimate of drug-likeness (QED) is 0.790. The molecule has 0 unspecified atom stereocenters. The molecule has 3 rings (SSSR count). The first kappa shape index (κ1) is 11.9. The Morgan fingerprint density at radius 1 is 1.05 bits per heavy atom. The number of nitrogens with zero attached hydrogens (tertiary/aromatic N) is 2. The van der Waals surface area contributed by atoms with E-state index >= 15 is 0 Å². The van der Waals surface area contributed by atoms with Gasteiger partial charge in [0.15, 0.2) is 0 Å². The zero-order valence-electron chi connectivity index (χ0n) is 9.88. The molecule has 0 amide bonds. The Morgan fingerprint density at radius 3 is 2.42 bits per heavy atom. The molecule has 0 spiro atoms. The summed E-state index contributed by atoms with van der Waals surface area (Å²) < 4.78 is 2.02. The number of rotatable bonds is 2. The third-order valence-corrected chi connectivity index (χ3v) is 3.55. The standard InChI is InChI=1S/C14H10BrN3O/c15-12-13(10-4-2-1-3-5-10)17-18(14(12)19)11-6-8-16-9-7-11/h1-9,17H. The highest BCUT2D eigenvalue weighted by molar-refractivity contribution is 9.10. The highest BCUT2D eigenvalue weighted by Crippen LogP contribution is 2.24. The SMILES string of the molecule is O=c1c(Br)c(-c2ccccc2)[nH]n1-c1ccncc1. The van der Waals surface area contributed by atoms with Gasteiger partial charge < -0.3 is 0 Å². The molecule has 0 aliphatic heterocycles. The summed E-state index contributed by atoms with van der Waals surface area (Å²) in [4.78, 5) is 16.2. The van der Waals surface area contributed by atoms with Crippen molar-refractivity contribution in [2.75, 3.05) is 0 Å². The van der Waals surface area contributed by atoms with Gasteiger partial charge in [-0.25, -0.2) is 4.68 Å². The number of hydrogen-bond donors (Lipinski definition) is 1. The van der Waals surface area contributed by atoms with Crippen molar-refractivity contribution in [3.05, 3.63) is 69.7 Å². The van der Waals surface area contributed by atoms with Gasteiger partial charge in [-0.1, -0.05) is 30.3 Å². The summed E-state index contributed by atoms with van der Waals surface area (Å²) in [6.07, 6.45) is 3.30. The maximum Gasteiger partial charge on any atom is 0.286 e. The van der Waals surface area contributed by atoms with E-state index in [1.54, 1.807) is 24.5 Å². The molecule has 5 heteroatoms. The Hall–Kier alpha value is -2.14. The molecule has 19 heavy (non-hydrogen) atoms. The van der Waals surface area contributed by atoms with Crippen LogP contribution < -0.4 is 5.56 Å². The summed E-state index contributed by atoms with van der Waals surface area (Å²) in [6.45, 7) is 0. The number of nitrogens with one attached hydrogen (secondary N) is 1. The van der Waals surface area contributed by atoms with Crippen molar-refractivity contribution in [1.82, 2.24) is 14.8 Å². The van der Waals surface area contributed by atoms with Crippen molar-refractivity contribution in [3.8, 4) is 16.9 Å². The van der Waals surface area contributed by atoms with Gasteiger partial charge in [0.2, 0.25) is 0 Å². The first-order valence-corrected chi connectivity index (χ1v) is 6.53. The van der Waals surface area contributed by atoms with Crippen LogP contribution in [0.25, 0.3) is 16.9 Å². The lowest BCUT2D eigenvalue weighted by Gasteiger charge is -2.01. The van der Waals surface area contributed by atoms with E-state index in [1.807, 2.05) is 30.3 Å². The van der Waals surface area contributed by atoms with Gasteiger partial charge in [0.25, 0.3) is 5.56 Å². The Labute approximate surface area is 117 Å². The van der Waals surface area contributed by atoms with Crippen LogP contribution in [0.5, 0.6) is 0 Å². The number of aromatic amines is 1. The summed E-state index contributed by atoms with van der Waals surface area (Å²) >= 11 is 3.35. The fraction of sp³-hybridized carbons (Fsp3) is 0. The van der Waals surface area contributed by atoms with Gasteiger partial charge in [-0.3, -0.25) is 14.9 Å². The maximum absolute atomic E-state index is 12.2. The first-order valence-electron chi connectivity index (χ1n) is 5.74. The van der Waals surface area contributed by atoms with Crippen LogP contribution in [-0.2, 0) is 0 Å². The number of halogens is 1. The van der Waals surface area contributed by atoms with Gasteiger partial charge in [-0.05, 0) is 28.1 Å². The van der Waals surface area contributed by atoms with E-state index in [0.29, 0.717) is 4.47 Å². The van der Waals surface area contributed by atoms with E-state index in [2.05, 4.69) is 26.0 Å². The van der Waals surface area contributed by atoms with Crippen LogP contribution in [0.15, 0.2) is 64.1 Å². The average Bonchev–Trinajstić information content (AvgIpc) is 2.77. The number of hydrogen-bond acceptors (Lipinski definition) is 2. The molecule has 4 nitrogen and oxygen atoms in total. The molecule has 2 aromatic heterocycles. The van der Waals surface area contributed by atoms with Gasteiger partial charge in [-0.2, -0.15) is 0 Å². The molecule has 94 valence electrons. The third kappa shape index (κ3) is 2.13. The molecule has 0 radical (unpaired) electrons. The monoisotopic (exact) mass is 315 g/mol. The molecular formula is C14H10BrN3O. The average molecular weight is 316 g/mol. The second-order valence-electron chi connectivity index (χ2n) is 4.01. The first-order chi connectivity index (χ1) is 9.27. The van der Waals surface area contributed by atoms with E-state index in [9.17, 15) is 4.79 Å². The summed E-state index contributed by atoms with van der Waals surface area (Å²) in [5.41, 5.74) is 2.36. The molecule has 2 heterocycles. The fourth-order valence-electron chi connectivity index (χ4n) is 1.89. The molecule has 0 aliphatic carbocycles. The fourth-order valence-corrected chi connectivity index (χ4v) is 2.38. The maximum atomic E-state index is 12.2. The normalized spacial score (nSPS) is 10.6. The smallest absolute Gasteiger partial charge is 0.286 e. The lowest BCUT2D eigenvalue weighted by Crippen LogP contribution is -2.14. The van der Waals surface area contributed by atoms with Crippen molar-refractivity contribution < 1.29 is 0 Å². The minimum absolute atomic E-state index is 0.120. The highest BCUT2D eigenvalue weighted by atomic mass is 79.9. The summed E-state index contributed by atoms with van der Waals surface area (Å²) in [6, 6.07) is 13.3. The van der Waals surface area contributed by atoms with Crippen molar-refractivity contribution in [2.24, 2.45) is 0 Å². The Morgan fingerprint density at radius 2 is 1.74 bits per heavy atom. The van der Waals surface area contributed by atoms with Crippen LogP contribution in [0.4, 0.5) is 0 Å². The summed E-state index contributed by atoms with van der Waals surface area (Å²) in [5.74, 6) is 0. The second-order valence-corrected chi connectivity index (χ2v) is 4.81. The molecule has 0 bridgehead atoms. The van der Waals surface area contributed by atoms with E-state index in [4.69, 9.17) is 0 Å². The number of H-pyrrole nitrogens is 1. The summed E-state index contributed by atoms with van der Waals surface area (Å²) in [7, 11) is 0. The molecule has 0 aliphatic rings. The van der Waals surface area contributed by atoms with Crippen LogP contribution in [0, 0.1) is 0 Å². The van der Waals surface area contributed by atoms with Crippen molar-refractivity contribution >= 4 is 15.9 Å². The molecular weight excluding hydrogens is 306 g/mol. The Balaban J connectivity index is 2.19. The van der Waals surface area contributed by atoms with Crippen molar-refractivity contribution in [2.45, 2.75) is 0 Å². The van der Waals surface area contributed by atoms with Crippen molar-refractivity contribution in [1.29, 1.82) is 0 Å². The minimum Gasteiger partial charge on any atom is -0.289 e. The Kier molecular flexibility index (Phi) is 3.05. The third-order valence-electron chi connectivity index (χ3n) is 2.82. The Bertz CT molecular complexity index is 747. The molecule has 0 saturated heterocycles. The van der Waals surface area contributed by atoms with E-state index in [-0.39, 0.29) is 5.56 Å². The molecule has 1 N–H and O–H groups in total. The van der Waals surface area contributed by atoms with E-state index < -0.39 is 0 Å².